The number of carbonyl (C=O) groups is 1. The number of benzene rings is 2. The molecule has 1 N–H and O–H groups in total. The number of carbonyl (C=O) groups excluding carboxylic acids is 1. The van der Waals surface area contributed by atoms with Crippen molar-refractivity contribution in [2.75, 3.05) is 32.7 Å². The zero-order valence-electron chi connectivity index (χ0n) is 14.6. The molecular formula is C20H23F2N3O. The molecule has 2 aromatic rings. The van der Waals surface area contributed by atoms with Crippen molar-refractivity contribution in [3.05, 3.63) is 71.3 Å². The van der Waals surface area contributed by atoms with Gasteiger partial charge in [0, 0.05) is 44.8 Å². The summed E-state index contributed by atoms with van der Waals surface area (Å²) >= 11 is 0. The number of hydrogen-bond donors (Lipinski definition) is 1. The lowest BCUT2D eigenvalue weighted by molar-refractivity contribution is -0.122. The van der Waals surface area contributed by atoms with Crippen LogP contribution in [0.3, 0.4) is 0 Å². The molecule has 26 heavy (non-hydrogen) atoms. The maximum Gasteiger partial charge on any atom is 0.234 e. The highest BCUT2D eigenvalue weighted by Crippen LogP contribution is 2.15. The van der Waals surface area contributed by atoms with Crippen LogP contribution < -0.4 is 5.32 Å². The minimum atomic E-state index is -0.809. The molecule has 138 valence electrons. The predicted octanol–water partition coefficient (Wildman–Crippen LogP) is 2.40. The SMILES string of the molecule is O=C(CN1CCN(Cc2cccc(F)c2F)CC1)NCc1ccccc1. The molecule has 3 rings (SSSR count). The lowest BCUT2D eigenvalue weighted by atomic mass is 10.1. The van der Waals surface area contributed by atoms with Crippen molar-refractivity contribution in [2.24, 2.45) is 0 Å². The topological polar surface area (TPSA) is 35.6 Å². The quantitative estimate of drug-likeness (QED) is 0.860. The van der Waals surface area contributed by atoms with E-state index in [9.17, 15) is 13.6 Å². The van der Waals surface area contributed by atoms with Gasteiger partial charge in [0.05, 0.1) is 6.54 Å². The third kappa shape index (κ3) is 5.09. The van der Waals surface area contributed by atoms with Gasteiger partial charge in [-0.3, -0.25) is 14.6 Å². The van der Waals surface area contributed by atoms with Crippen LogP contribution in [0, 0.1) is 11.6 Å². The summed E-state index contributed by atoms with van der Waals surface area (Å²) in [5.74, 6) is -1.58. The van der Waals surface area contributed by atoms with Crippen molar-refractivity contribution < 1.29 is 13.6 Å². The normalized spacial score (nSPS) is 15.8. The largest absolute Gasteiger partial charge is 0.351 e. The van der Waals surface area contributed by atoms with Gasteiger partial charge in [-0.05, 0) is 11.6 Å². The Morgan fingerprint density at radius 2 is 1.62 bits per heavy atom. The van der Waals surface area contributed by atoms with Crippen LogP contribution in [-0.4, -0.2) is 48.4 Å². The molecule has 0 aliphatic carbocycles. The van der Waals surface area contributed by atoms with E-state index in [0.717, 1.165) is 37.8 Å². The lowest BCUT2D eigenvalue weighted by Gasteiger charge is -2.34. The molecule has 0 aromatic heterocycles. The molecule has 0 bridgehead atoms. The van der Waals surface area contributed by atoms with E-state index in [1.165, 1.54) is 6.07 Å². The van der Waals surface area contributed by atoms with Crippen LogP contribution in [-0.2, 0) is 17.9 Å². The smallest absolute Gasteiger partial charge is 0.234 e. The van der Waals surface area contributed by atoms with E-state index in [1.54, 1.807) is 6.07 Å². The van der Waals surface area contributed by atoms with Gasteiger partial charge in [0.1, 0.15) is 0 Å². The molecule has 0 radical (unpaired) electrons. The second-order valence-corrected chi connectivity index (χ2v) is 6.53. The van der Waals surface area contributed by atoms with E-state index in [0.29, 0.717) is 25.2 Å². The Labute approximate surface area is 152 Å². The number of hydrogen-bond acceptors (Lipinski definition) is 3. The van der Waals surface area contributed by atoms with Crippen molar-refractivity contribution in [3.63, 3.8) is 0 Å². The molecular weight excluding hydrogens is 336 g/mol. The van der Waals surface area contributed by atoms with E-state index in [1.807, 2.05) is 30.3 Å². The molecule has 6 heteroatoms. The van der Waals surface area contributed by atoms with Crippen molar-refractivity contribution in [2.45, 2.75) is 13.1 Å². The van der Waals surface area contributed by atoms with E-state index in [4.69, 9.17) is 0 Å². The summed E-state index contributed by atoms with van der Waals surface area (Å²) in [6, 6.07) is 14.1. The number of piperazine rings is 1. The van der Waals surface area contributed by atoms with Crippen LogP contribution in [0.1, 0.15) is 11.1 Å². The number of nitrogens with one attached hydrogen (secondary N) is 1. The first-order chi connectivity index (χ1) is 12.6. The highest BCUT2D eigenvalue weighted by Gasteiger charge is 2.20. The summed E-state index contributed by atoms with van der Waals surface area (Å²) in [5, 5.41) is 2.93. The minimum absolute atomic E-state index is 0.00141. The highest BCUT2D eigenvalue weighted by molar-refractivity contribution is 5.78. The number of nitrogens with zero attached hydrogens (tertiary/aromatic N) is 2. The number of halogens is 2. The molecule has 1 fully saturated rings. The molecule has 1 aliphatic rings. The first-order valence-electron chi connectivity index (χ1n) is 8.80. The molecule has 0 saturated carbocycles. The van der Waals surface area contributed by atoms with Crippen molar-refractivity contribution >= 4 is 5.91 Å². The Hall–Kier alpha value is -2.31. The Balaban J connectivity index is 1.41. The Kier molecular flexibility index (Phi) is 6.30. The van der Waals surface area contributed by atoms with Crippen molar-refractivity contribution in [1.82, 2.24) is 15.1 Å². The standard InChI is InChI=1S/C20H23F2N3O/c21-18-8-4-7-17(20(18)22)14-24-9-11-25(12-10-24)15-19(26)23-13-16-5-2-1-3-6-16/h1-8H,9-15H2,(H,23,26). The van der Waals surface area contributed by atoms with Gasteiger partial charge in [0.2, 0.25) is 5.91 Å². The van der Waals surface area contributed by atoms with Crippen LogP contribution in [0.25, 0.3) is 0 Å². The fourth-order valence-corrected chi connectivity index (χ4v) is 3.07. The molecule has 0 atom stereocenters. The second-order valence-electron chi connectivity index (χ2n) is 6.53. The predicted molar refractivity (Wildman–Crippen MR) is 96.4 cm³/mol. The third-order valence-electron chi connectivity index (χ3n) is 4.59. The fraction of sp³-hybridized carbons (Fsp3) is 0.350. The van der Waals surface area contributed by atoms with Crippen LogP contribution in [0.15, 0.2) is 48.5 Å². The average molecular weight is 359 g/mol. The monoisotopic (exact) mass is 359 g/mol. The summed E-state index contributed by atoms with van der Waals surface area (Å²) in [7, 11) is 0. The van der Waals surface area contributed by atoms with Crippen LogP contribution in [0.4, 0.5) is 8.78 Å². The first kappa shape index (κ1) is 18.5. The molecule has 1 saturated heterocycles. The number of amides is 1. The molecule has 4 nitrogen and oxygen atoms in total. The Bertz CT molecular complexity index is 731. The van der Waals surface area contributed by atoms with Gasteiger partial charge in [-0.15, -0.1) is 0 Å². The summed E-state index contributed by atoms with van der Waals surface area (Å²) in [6.45, 7) is 4.18. The number of rotatable bonds is 6. The van der Waals surface area contributed by atoms with Gasteiger partial charge in [0.25, 0.3) is 0 Å². The van der Waals surface area contributed by atoms with Crippen LogP contribution in [0.2, 0.25) is 0 Å². The van der Waals surface area contributed by atoms with E-state index in [-0.39, 0.29) is 5.91 Å². The minimum Gasteiger partial charge on any atom is -0.351 e. The van der Waals surface area contributed by atoms with Crippen LogP contribution in [0.5, 0.6) is 0 Å². The Morgan fingerprint density at radius 1 is 0.923 bits per heavy atom. The van der Waals surface area contributed by atoms with Gasteiger partial charge in [0.15, 0.2) is 11.6 Å². The molecule has 0 spiro atoms. The van der Waals surface area contributed by atoms with Gasteiger partial charge < -0.3 is 5.32 Å². The van der Waals surface area contributed by atoms with Crippen molar-refractivity contribution in [3.8, 4) is 0 Å². The second kappa shape index (κ2) is 8.87. The van der Waals surface area contributed by atoms with E-state index in [2.05, 4.69) is 15.1 Å². The fourth-order valence-electron chi connectivity index (χ4n) is 3.07. The van der Waals surface area contributed by atoms with Crippen molar-refractivity contribution in [1.29, 1.82) is 0 Å². The third-order valence-corrected chi connectivity index (χ3v) is 4.59. The Morgan fingerprint density at radius 3 is 2.35 bits per heavy atom. The highest BCUT2D eigenvalue weighted by atomic mass is 19.2. The van der Waals surface area contributed by atoms with E-state index < -0.39 is 11.6 Å². The first-order valence-corrected chi connectivity index (χ1v) is 8.80. The van der Waals surface area contributed by atoms with Gasteiger partial charge in [-0.1, -0.05) is 42.5 Å². The molecule has 0 unspecified atom stereocenters. The average Bonchev–Trinajstić information content (AvgIpc) is 2.66. The van der Waals surface area contributed by atoms with Gasteiger partial charge >= 0.3 is 0 Å². The molecule has 1 heterocycles. The summed E-state index contributed by atoms with van der Waals surface area (Å²) in [6.07, 6.45) is 0. The molecule has 1 amide bonds. The maximum atomic E-state index is 13.8. The van der Waals surface area contributed by atoms with Crippen LogP contribution >= 0.6 is 0 Å². The zero-order valence-corrected chi connectivity index (χ0v) is 14.6. The summed E-state index contributed by atoms with van der Waals surface area (Å²) in [5.41, 5.74) is 1.45. The lowest BCUT2D eigenvalue weighted by Crippen LogP contribution is -2.49. The van der Waals surface area contributed by atoms with Gasteiger partial charge in [-0.25, -0.2) is 8.78 Å². The summed E-state index contributed by atoms with van der Waals surface area (Å²) in [4.78, 5) is 16.2. The zero-order chi connectivity index (χ0) is 18.4. The molecule has 1 aliphatic heterocycles. The summed E-state index contributed by atoms with van der Waals surface area (Å²) < 4.78 is 27.1. The molecule has 2 aromatic carbocycles. The van der Waals surface area contributed by atoms with E-state index >= 15 is 0 Å². The maximum absolute atomic E-state index is 13.8. The van der Waals surface area contributed by atoms with Gasteiger partial charge in [-0.2, -0.15) is 0 Å².